The second-order valence-electron chi connectivity index (χ2n) is 7.67. The van der Waals surface area contributed by atoms with E-state index < -0.39 is 0 Å². The lowest BCUT2D eigenvalue weighted by atomic mass is 10.0. The highest BCUT2D eigenvalue weighted by atomic mass is 16.5. The number of methoxy groups -OCH3 is 1. The summed E-state index contributed by atoms with van der Waals surface area (Å²) in [6.45, 7) is 9.35. The molecule has 2 aliphatic heterocycles. The fourth-order valence-corrected chi connectivity index (χ4v) is 3.54. The third-order valence-electron chi connectivity index (χ3n) is 5.24. The highest BCUT2D eigenvalue weighted by Crippen LogP contribution is 2.18. The van der Waals surface area contributed by atoms with E-state index in [1.807, 2.05) is 4.90 Å². The van der Waals surface area contributed by atoms with Crippen LogP contribution in [0.5, 0.6) is 0 Å². The molecule has 2 aliphatic rings. The second-order valence-corrected chi connectivity index (χ2v) is 7.67. The van der Waals surface area contributed by atoms with E-state index in [-0.39, 0.29) is 30.4 Å². The Bertz CT molecular complexity index is 450. The fraction of sp³-hybridized carbons (Fsp3) is 0.895. The highest BCUT2D eigenvalue weighted by Gasteiger charge is 2.33. The molecular weight excluding hydrogens is 334 g/mol. The minimum Gasteiger partial charge on any atom is -0.382 e. The van der Waals surface area contributed by atoms with Crippen molar-refractivity contribution in [2.75, 3.05) is 53.0 Å². The van der Waals surface area contributed by atoms with Crippen LogP contribution in [0.2, 0.25) is 0 Å². The first-order valence-electron chi connectivity index (χ1n) is 9.91. The SMILES string of the molecule is COCCOC1CCN(C(=O)C[C@H]2C(=O)NCCN2CCC(C)C)CC1. The first-order valence-corrected chi connectivity index (χ1v) is 9.91. The van der Waals surface area contributed by atoms with Gasteiger partial charge in [0.05, 0.1) is 31.8 Å². The molecule has 0 spiro atoms. The summed E-state index contributed by atoms with van der Waals surface area (Å²) < 4.78 is 10.8. The summed E-state index contributed by atoms with van der Waals surface area (Å²) in [7, 11) is 1.66. The number of carbonyl (C=O) groups is 2. The van der Waals surface area contributed by atoms with Gasteiger partial charge in [0.15, 0.2) is 0 Å². The van der Waals surface area contributed by atoms with Crippen molar-refractivity contribution in [2.24, 2.45) is 5.92 Å². The molecule has 2 fully saturated rings. The first kappa shape index (κ1) is 21.1. The number of amides is 2. The van der Waals surface area contributed by atoms with Crippen molar-refractivity contribution in [3.05, 3.63) is 0 Å². The topological polar surface area (TPSA) is 71.1 Å². The molecule has 2 rings (SSSR count). The van der Waals surface area contributed by atoms with Gasteiger partial charge in [-0.25, -0.2) is 0 Å². The number of nitrogens with one attached hydrogen (secondary N) is 1. The van der Waals surface area contributed by atoms with Gasteiger partial charge in [-0.05, 0) is 31.7 Å². The van der Waals surface area contributed by atoms with Gasteiger partial charge in [-0.3, -0.25) is 14.5 Å². The summed E-state index contributed by atoms with van der Waals surface area (Å²) in [4.78, 5) is 29.1. The first-order chi connectivity index (χ1) is 12.5. The number of likely N-dealkylation sites (tertiary alicyclic amines) is 1. The average Bonchev–Trinajstić information content (AvgIpc) is 2.63. The van der Waals surface area contributed by atoms with E-state index in [4.69, 9.17) is 9.47 Å². The van der Waals surface area contributed by atoms with Crippen LogP contribution in [0.1, 0.15) is 39.5 Å². The van der Waals surface area contributed by atoms with E-state index in [9.17, 15) is 9.59 Å². The molecular formula is C19H35N3O4. The van der Waals surface area contributed by atoms with Crippen molar-refractivity contribution >= 4 is 11.8 Å². The molecule has 0 unspecified atom stereocenters. The zero-order valence-corrected chi connectivity index (χ0v) is 16.5. The lowest BCUT2D eigenvalue weighted by molar-refractivity contribution is -0.140. The van der Waals surface area contributed by atoms with E-state index in [2.05, 4.69) is 24.1 Å². The summed E-state index contributed by atoms with van der Waals surface area (Å²) in [6, 6.07) is -0.328. The molecule has 150 valence electrons. The molecule has 0 aromatic heterocycles. The van der Waals surface area contributed by atoms with Crippen LogP contribution in [0.4, 0.5) is 0 Å². The molecule has 2 saturated heterocycles. The Balaban J connectivity index is 1.80. The zero-order valence-electron chi connectivity index (χ0n) is 16.5. The standard InChI is InChI=1S/C19H35N3O4/c1-15(2)4-8-21-11-7-20-19(24)17(21)14-18(23)22-9-5-16(6-10-22)26-13-12-25-3/h15-17H,4-14H2,1-3H3,(H,20,24)/t17-/m0/s1. The van der Waals surface area contributed by atoms with Crippen LogP contribution in [0.15, 0.2) is 0 Å². The predicted octanol–water partition coefficient (Wildman–Crippen LogP) is 0.877. The average molecular weight is 370 g/mol. The van der Waals surface area contributed by atoms with Gasteiger partial charge in [0.1, 0.15) is 0 Å². The molecule has 0 radical (unpaired) electrons. The van der Waals surface area contributed by atoms with E-state index in [0.29, 0.717) is 38.8 Å². The molecule has 2 amide bonds. The molecule has 0 aliphatic carbocycles. The van der Waals surface area contributed by atoms with E-state index in [0.717, 1.165) is 32.4 Å². The van der Waals surface area contributed by atoms with Crippen LogP contribution in [-0.2, 0) is 19.1 Å². The third-order valence-corrected chi connectivity index (χ3v) is 5.24. The largest absolute Gasteiger partial charge is 0.382 e. The van der Waals surface area contributed by atoms with Crippen molar-refractivity contribution in [1.29, 1.82) is 0 Å². The van der Waals surface area contributed by atoms with Crippen molar-refractivity contribution in [3.8, 4) is 0 Å². The summed E-state index contributed by atoms with van der Waals surface area (Å²) >= 11 is 0. The normalized spacial score (nSPS) is 22.7. The van der Waals surface area contributed by atoms with Crippen LogP contribution >= 0.6 is 0 Å². The van der Waals surface area contributed by atoms with Crippen molar-refractivity contribution in [2.45, 2.75) is 51.7 Å². The van der Waals surface area contributed by atoms with Crippen molar-refractivity contribution in [1.82, 2.24) is 15.1 Å². The lowest BCUT2D eigenvalue weighted by Gasteiger charge is -2.37. The molecule has 1 N–H and O–H groups in total. The molecule has 7 nitrogen and oxygen atoms in total. The Hall–Kier alpha value is -1.18. The Morgan fingerprint density at radius 2 is 1.96 bits per heavy atom. The van der Waals surface area contributed by atoms with Crippen LogP contribution in [0, 0.1) is 5.92 Å². The monoisotopic (exact) mass is 369 g/mol. The van der Waals surface area contributed by atoms with Gasteiger partial charge in [0.25, 0.3) is 0 Å². The summed E-state index contributed by atoms with van der Waals surface area (Å²) in [6.07, 6.45) is 3.23. The molecule has 0 aromatic carbocycles. The van der Waals surface area contributed by atoms with Gasteiger partial charge in [-0.2, -0.15) is 0 Å². The maximum Gasteiger partial charge on any atom is 0.237 e. The number of carbonyl (C=O) groups excluding carboxylic acids is 2. The minimum absolute atomic E-state index is 0.00820. The molecule has 2 heterocycles. The van der Waals surface area contributed by atoms with Crippen molar-refractivity contribution < 1.29 is 19.1 Å². The number of rotatable bonds is 9. The van der Waals surface area contributed by atoms with E-state index in [1.165, 1.54) is 0 Å². The number of hydrogen-bond acceptors (Lipinski definition) is 5. The maximum absolute atomic E-state index is 12.7. The number of ether oxygens (including phenoxy) is 2. The Labute approximate surface area is 157 Å². The molecule has 0 bridgehead atoms. The van der Waals surface area contributed by atoms with Gasteiger partial charge >= 0.3 is 0 Å². The number of nitrogens with zero attached hydrogens (tertiary/aromatic N) is 2. The molecule has 0 saturated carbocycles. The van der Waals surface area contributed by atoms with Crippen LogP contribution in [0.3, 0.4) is 0 Å². The van der Waals surface area contributed by atoms with Gasteiger partial charge in [0.2, 0.25) is 11.8 Å². The maximum atomic E-state index is 12.7. The highest BCUT2D eigenvalue weighted by molar-refractivity contribution is 5.88. The Morgan fingerprint density at radius 3 is 2.62 bits per heavy atom. The van der Waals surface area contributed by atoms with Gasteiger partial charge in [0, 0.05) is 33.3 Å². The number of piperazine rings is 1. The third kappa shape index (κ3) is 6.52. The van der Waals surface area contributed by atoms with Crippen LogP contribution in [0.25, 0.3) is 0 Å². The number of piperidine rings is 1. The lowest BCUT2D eigenvalue weighted by Crippen LogP contribution is -2.57. The zero-order chi connectivity index (χ0) is 18.9. The smallest absolute Gasteiger partial charge is 0.237 e. The molecule has 0 aromatic rings. The molecule has 26 heavy (non-hydrogen) atoms. The number of hydrogen-bond donors (Lipinski definition) is 1. The molecule has 1 atom stereocenters. The van der Waals surface area contributed by atoms with E-state index >= 15 is 0 Å². The molecule has 7 heteroatoms. The van der Waals surface area contributed by atoms with Gasteiger partial charge in [-0.15, -0.1) is 0 Å². The predicted molar refractivity (Wildman–Crippen MR) is 99.9 cm³/mol. The van der Waals surface area contributed by atoms with Gasteiger partial charge < -0.3 is 19.7 Å². The van der Waals surface area contributed by atoms with Crippen molar-refractivity contribution in [3.63, 3.8) is 0 Å². The quantitative estimate of drug-likeness (QED) is 0.611. The van der Waals surface area contributed by atoms with Crippen LogP contribution in [-0.4, -0.2) is 86.8 Å². The van der Waals surface area contributed by atoms with E-state index in [1.54, 1.807) is 7.11 Å². The Morgan fingerprint density at radius 1 is 1.23 bits per heavy atom. The summed E-state index contributed by atoms with van der Waals surface area (Å²) in [5.41, 5.74) is 0. The van der Waals surface area contributed by atoms with Crippen LogP contribution < -0.4 is 5.32 Å². The van der Waals surface area contributed by atoms with Gasteiger partial charge in [-0.1, -0.05) is 13.8 Å². The summed E-state index contributed by atoms with van der Waals surface area (Å²) in [5.74, 6) is 0.663. The second kappa shape index (κ2) is 10.8. The fourth-order valence-electron chi connectivity index (χ4n) is 3.54. The minimum atomic E-state index is -0.328. The summed E-state index contributed by atoms with van der Waals surface area (Å²) in [5, 5.41) is 2.91. The Kier molecular flexibility index (Phi) is 8.81.